The fraction of sp³-hybridized carbons (Fsp3) is 0.267. The maximum Gasteiger partial charge on any atom is 0.125 e. The van der Waals surface area contributed by atoms with Gasteiger partial charge in [-0.3, -0.25) is 4.68 Å². The van der Waals surface area contributed by atoms with Crippen LogP contribution < -0.4 is 0 Å². The summed E-state index contributed by atoms with van der Waals surface area (Å²) in [4.78, 5) is 4.53. The van der Waals surface area contributed by atoms with Crippen LogP contribution in [0.15, 0.2) is 36.7 Å². The third-order valence-corrected chi connectivity index (χ3v) is 3.72. The second-order valence-corrected chi connectivity index (χ2v) is 5.16. The fourth-order valence-corrected chi connectivity index (χ4v) is 2.79. The Balaban J connectivity index is 2.10. The molecule has 0 spiro atoms. The second-order valence-electron chi connectivity index (χ2n) is 4.89. The number of nitrogens with zero attached hydrogens (tertiary/aromatic N) is 5. The van der Waals surface area contributed by atoms with E-state index in [9.17, 15) is 5.26 Å². The molecule has 0 saturated heterocycles. The Kier molecular flexibility index (Phi) is 3.63. The molecule has 106 valence electrons. The second kappa shape index (κ2) is 5.58. The van der Waals surface area contributed by atoms with E-state index in [1.807, 2.05) is 29.1 Å². The van der Waals surface area contributed by atoms with E-state index >= 15 is 0 Å². The zero-order chi connectivity index (χ0) is 14.8. The minimum absolute atomic E-state index is 0.137. The largest absolute Gasteiger partial charge is 0.322 e. The summed E-state index contributed by atoms with van der Waals surface area (Å²) in [5, 5.41) is 13.4. The van der Waals surface area contributed by atoms with Gasteiger partial charge in [0.25, 0.3) is 0 Å². The molecule has 3 aromatic rings. The van der Waals surface area contributed by atoms with Crippen LogP contribution in [0.5, 0.6) is 0 Å². The van der Waals surface area contributed by atoms with E-state index in [0.717, 1.165) is 17.9 Å². The van der Waals surface area contributed by atoms with Gasteiger partial charge in [0, 0.05) is 12.4 Å². The van der Waals surface area contributed by atoms with E-state index in [-0.39, 0.29) is 6.04 Å². The minimum Gasteiger partial charge on any atom is -0.322 e. The first kappa shape index (κ1) is 13.7. The van der Waals surface area contributed by atoms with Gasteiger partial charge in [-0.25, -0.2) is 4.98 Å². The summed E-state index contributed by atoms with van der Waals surface area (Å²) in [6.45, 7) is 2.82. The van der Waals surface area contributed by atoms with Crippen molar-refractivity contribution in [1.29, 1.82) is 5.26 Å². The molecular formula is C15H14ClN5. The van der Waals surface area contributed by atoms with Crippen molar-refractivity contribution in [2.24, 2.45) is 0 Å². The molecule has 0 bridgehead atoms. The number of imidazole rings is 1. The smallest absolute Gasteiger partial charge is 0.125 e. The molecule has 6 heteroatoms. The van der Waals surface area contributed by atoms with Crippen molar-refractivity contribution in [2.75, 3.05) is 0 Å². The lowest BCUT2D eigenvalue weighted by Crippen LogP contribution is -2.15. The van der Waals surface area contributed by atoms with Gasteiger partial charge in [0.15, 0.2) is 0 Å². The normalized spacial score (nSPS) is 12.4. The predicted octanol–water partition coefficient (Wildman–Crippen LogP) is 3.10. The van der Waals surface area contributed by atoms with Crippen LogP contribution in [0.3, 0.4) is 0 Å². The highest BCUT2D eigenvalue weighted by Crippen LogP contribution is 2.25. The molecule has 0 aliphatic carbocycles. The van der Waals surface area contributed by atoms with Crippen molar-refractivity contribution < 1.29 is 0 Å². The maximum absolute atomic E-state index is 9.21. The first-order chi connectivity index (χ1) is 10.2. The molecule has 2 heterocycles. The predicted molar refractivity (Wildman–Crippen MR) is 80.9 cm³/mol. The van der Waals surface area contributed by atoms with E-state index < -0.39 is 0 Å². The Morgan fingerprint density at radius 1 is 1.38 bits per heavy atom. The minimum atomic E-state index is 0.137. The summed E-state index contributed by atoms with van der Waals surface area (Å²) in [6, 6.07) is 9.83. The van der Waals surface area contributed by atoms with E-state index in [4.69, 9.17) is 11.6 Å². The van der Waals surface area contributed by atoms with Crippen LogP contribution in [-0.4, -0.2) is 19.3 Å². The third kappa shape index (κ3) is 2.39. The fourth-order valence-electron chi connectivity index (χ4n) is 2.60. The van der Waals surface area contributed by atoms with Crippen LogP contribution in [0.25, 0.3) is 11.0 Å². The van der Waals surface area contributed by atoms with Crippen molar-refractivity contribution >= 4 is 22.6 Å². The van der Waals surface area contributed by atoms with E-state index in [1.54, 1.807) is 12.3 Å². The zero-order valence-corrected chi connectivity index (χ0v) is 12.3. The van der Waals surface area contributed by atoms with Crippen molar-refractivity contribution in [1.82, 2.24) is 19.3 Å². The Bertz CT molecular complexity index is 797. The molecule has 1 aromatic carbocycles. The van der Waals surface area contributed by atoms with Crippen LogP contribution in [0.2, 0.25) is 0 Å². The number of para-hydroxylation sites is 1. The number of benzene rings is 1. The molecular weight excluding hydrogens is 286 g/mol. The van der Waals surface area contributed by atoms with Crippen LogP contribution in [0, 0.1) is 11.3 Å². The van der Waals surface area contributed by atoms with Crippen molar-refractivity contribution in [3.63, 3.8) is 0 Å². The van der Waals surface area contributed by atoms with E-state index in [2.05, 4.69) is 27.6 Å². The molecule has 3 rings (SSSR count). The zero-order valence-electron chi connectivity index (χ0n) is 11.6. The number of halogens is 1. The standard InChI is InChI=1S/C15H14ClN5/c1-11(10-20-7-3-6-18-20)21-13-5-2-4-12(9-17)15(13)19-14(21)8-16/h2-7,11H,8,10H2,1H3. The number of alkyl halides is 1. The average molecular weight is 300 g/mol. The third-order valence-electron chi connectivity index (χ3n) is 3.48. The van der Waals surface area contributed by atoms with Gasteiger partial charge in [0.1, 0.15) is 17.4 Å². The Morgan fingerprint density at radius 2 is 2.24 bits per heavy atom. The molecule has 5 nitrogen and oxygen atoms in total. The lowest BCUT2D eigenvalue weighted by atomic mass is 10.2. The van der Waals surface area contributed by atoms with Gasteiger partial charge in [-0.2, -0.15) is 10.4 Å². The Morgan fingerprint density at radius 3 is 2.90 bits per heavy atom. The molecule has 0 radical (unpaired) electrons. The van der Waals surface area contributed by atoms with E-state index in [0.29, 0.717) is 17.0 Å². The maximum atomic E-state index is 9.21. The van der Waals surface area contributed by atoms with Crippen LogP contribution in [0.1, 0.15) is 24.4 Å². The highest BCUT2D eigenvalue weighted by molar-refractivity contribution is 6.16. The first-order valence-electron chi connectivity index (χ1n) is 6.68. The molecule has 0 aliphatic rings. The number of hydrogen-bond acceptors (Lipinski definition) is 3. The lowest BCUT2D eigenvalue weighted by molar-refractivity contribution is 0.438. The van der Waals surface area contributed by atoms with Gasteiger partial charge >= 0.3 is 0 Å². The van der Waals surface area contributed by atoms with Crippen LogP contribution in [-0.2, 0) is 12.4 Å². The molecule has 0 amide bonds. The SMILES string of the molecule is CC(Cn1cccn1)n1c(CCl)nc2c(C#N)cccc21. The van der Waals surface area contributed by atoms with Crippen molar-refractivity contribution in [3.8, 4) is 6.07 Å². The van der Waals surface area contributed by atoms with Gasteiger partial charge in [0.2, 0.25) is 0 Å². The topological polar surface area (TPSA) is 59.4 Å². The number of hydrogen-bond donors (Lipinski definition) is 0. The molecule has 21 heavy (non-hydrogen) atoms. The Labute approximate surface area is 127 Å². The molecule has 1 atom stereocenters. The monoisotopic (exact) mass is 299 g/mol. The van der Waals surface area contributed by atoms with Crippen molar-refractivity contribution in [2.45, 2.75) is 25.4 Å². The number of nitriles is 1. The quantitative estimate of drug-likeness (QED) is 0.696. The summed E-state index contributed by atoms with van der Waals surface area (Å²) >= 11 is 6.04. The van der Waals surface area contributed by atoms with Crippen LogP contribution in [0.4, 0.5) is 0 Å². The summed E-state index contributed by atoms with van der Waals surface area (Å²) < 4.78 is 3.97. The molecule has 0 saturated carbocycles. The number of aromatic nitrogens is 4. The molecule has 2 aromatic heterocycles. The summed E-state index contributed by atoms with van der Waals surface area (Å²) in [7, 11) is 0. The lowest BCUT2D eigenvalue weighted by Gasteiger charge is -2.17. The highest BCUT2D eigenvalue weighted by Gasteiger charge is 2.17. The molecule has 0 aliphatic heterocycles. The number of rotatable bonds is 4. The molecule has 0 fully saturated rings. The summed E-state index contributed by atoms with van der Waals surface area (Å²) in [6.07, 6.45) is 3.69. The summed E-state index contributed by atoms with van der Waals surface area (Å²) in [5.41, 5.74) is 2.22. The van der Waals surface area contributed by atoms with Crippen molar-refractivity contribution in [3.05, 3.63) is 48.0 Å². The van der Waals surface area contributed by atoms with Gasteiger partial charge in [-0.15, -0.1) is 11.6 Å². The average Bonchev–Trinajstić information content (AvgIpc) is 3.12. The number of fused-ring (bicyclic) bond motifs is 1. The van der Waals surface area contributed by atoms with Gasteiger partial charge in [0.05, 0.1) is 29.5 Å². The highest BCUT2D eigenvalue weighted by atomic mass is 35.5. The Hall–Kier alpha value is -2.32. The van der Waals surface area contributed by atoms with Crippen LogP contribution >= 0.6 is 11.6 Å². The first-order valence-corrected chi connectivity index (χ1v) is 7.21. The molecule has 1 unspecified atom stereocenters. The van der Waals surface area contributed by atoms with Gasteiger partial charge in [-0.1, -0.05) is 6.07 Å². The molecule has 0 N–H and O–H groups in total. The van der Waals surface area contributed by atoms with E-state index in [1.165, 1.54) is 0 Å². The van der Waals surface area contributed by atoms with Gasteiger partial charge < -0.3 is 4.57 Å². The van der Waals surface area contributed by atoms with Gasteiger partial charge in [-0.05, 0) is 25.1 Å². The summed E-state index contributed by atoms with van der Waals surface area (Å²) in [5.74, 6) is 1.08.